The molecule has 14 heteroatoms. The summed E-state index contributed by atoms with van der Waals surface area (Å²) in [4.78, 5) is 24.5. The van der Waals surface area contributed by atoms with Crippen LogP contribution in [0.1, 0.15) is 11.4 Å². The van der Waals surface area contributed by atoms with E-state index in [1.807, 2.05) is 0 Å². The summed E-state index contributed by atoms with van der Waals surface area (Å²) in [5.74, 6) is -2.97. The Morgan fingerprint density at radius 3 is 2.50 bits per heavy atom. The third-order valence-corrected chi connectivity index (χ3v) is 3.64. The van der Waals surface area contributed by atoms with Gasteiger partial charge >= 0.3 is 18.2 Å². The lowest BCUT2D eigenvalue weighted by molar-refractivity contribution is -0.141. The number of nitrogens with one attached hydrogen (secondary N) is 2. The summed E-state index contributed by atoms with van der Waals surface area (Å²) in [5, 5.41) is 7.57. The maximum Gasteiger partial charge on any atom is 0.435 e. The van der Waals surface area contributed by atoms with E-state index in [4.69, 9.17) is 4.74 Å². The number of carbonyl (C=O) groups excluding carboxylic acids is 1. The number of aromatic amines is 1. The number of urea groups is 1. The van der Waals surface area contributed by atoms with Crippen LogP contribution in [0.2, 0.25) is 0 Å². The molecule has 0 fully saturated rings. The van der Waals surface area contributed by atoms with Gasteiger partial charge in [0.2, 0.25) is 0 Å². The molecule has 158 valence electrons. The lowest BCUT2D eigenvalue weighted by Crippen LogP contribution is -2.35. The molecule has 2 N–H and O–H groups in total. The van der Waals surface area contributed by atoms with E-state index in [1.165, 1.54) is 19.5 Å². The standard InChI is InChI=1S/C16H12F5N7O2/c1-30-14-22-5-9(6-23-14)28(7-8-4-11(27-26-8)16(19,20)21)15(29)25-12-3-2-10(17)13(18)24-12/h2-6H,7H2,1H3,(H,26,27)(H,24,25,29). The average molecular weight is 429 g/mol. The number of pyridine rings is 1. The molecule has 0 aliphatic heterocycles. The van der Waals surface area contributed by atoms with Gasteiger partial charge in [0.25, 0.3) is 5.95 Å². The number of halogens is 5. The first-order valence-electron chi connectivity index (χ1n) is 8.05. The van der Waals surface area contributed by atoms with Gasteiger partial charge in [-0.05, 0) is 18.2 Å². The number of aromatic nitrogens is 5. The van der Waals surface area contributed by atoms with Crippen LogP contribution in [0.4, 0.5) is 38.3 Å². The van der Waals surface area contributed by atoms with E-state index in [-0.39, 0.29) is 23.2 Å². The van der Waals surface area contributed by atoms with Crippen molar-refractivity contribution in [3.8, 4) is 6.01 Å². The average Bonchev–Trinajstić information content (AvgIpc) is 3.18. The first-order chi connectivity index (χ1) is 14.2. The largest absolute Gasteiger partial charge is 0.467 e. The van der Waals surface area contributed by atoms with Crippen LogP contribution in [0.3, 0.4) is 0 Å². The molecule has 3 aromatic heterocycles. The van der Waals surface area contributed by atoms with Gasteiger partial charge in [-0.1, -0.05) is 0 Å². The molecule has 0 aliphatic carbocycles. The molecule has 3 rings (SSSR count). The summed E-state index contributed by atoms with van der Waals surface area (Å²) in [5.41, 5.74) is -1.17. The van der Waals surface area contributed by atoms with Crippen LogP contribution in [0.25, 0.3) is 0 Å². The van der Waals surface area contributed by atoms with Gasteiger partial charge in [-0.25, -0.2) is 19.2 Å². The van der Waals surface area contributed by atoms with Gasteiger partial charge in [0.1, 0.15) is 5.82 Å². The second kappa shape index (κ2) is 8.26. The predicted molar refractivity (Wildman–Crippen MR) is 91.5 cm³/mol. The number of anilines is 2. The van der Waals surface area contributed by atoms with Crippen LogP contribution in [0.15, 0.2) is 30.6 Å². The number of rotatable bonds is 5. The number of carbonyl (C=O) groups is 1. The van der Waals surface area contributed by atoms with Crippen LogP contribution < -0.4 is 15.0 Å². The van der Waals surface area contributed by atoms with Gasteiger partial charge in [-0.3, -0.25) is 15.3 Å². The monoisotopic (exact) mass is 429 g/mol. The normalized spacial score (nSPS) is 11.3. The molecule has 0 spiro atoms. The Morgan fingerprint density at radius 2 is 1.93 bits per heavy atom. The van der Waals surface area contributed by atoms with Crippen LogP contribution in [0.5, 0.6) is 6.01 Å². The Hall–Kier alpha value is -3.84. The minimum atomic E-state index is -4.68. The second-order valence-corrected chi connectivity index (χ2v) is 5.69. The van der Waals surface area contributed by atoms with Crippen molar-refractivity contribution in [3.05, 3.63) is 53.7 Å². The Labute approximate surface area is 164 Å². The van der Waals surface area contributed by atoms with E-state index < -0.39 is 36.2 Å². The molecule has 2 amide bonds. The van der Waals surface area contributed by atoms with Crippen LogP contribution >= 0.6 is 0 Å². The molecule has 30 heavy (non-hydrogen) atoms. The first kappa shape index (κ1) is 20.9. The highest BCUT2D eigenvalue weighted by Crippen LogP contribution is 2.28. The topological polar surface area (TPSA) is 109 Å². The molecule has 9 nitrogen and oxygen atoms in total. The summed E-state index contributed by atoms with van der Waals surface area (Å²) in [6, 6.07) is 1.55. The van der Waals surface area contributed by atoms with Gasteiger partial charge in [0.05, 0.1) is 37.4 Å². The fourth-order valence-electron chi connectivity index (χ4n) is 2.26. The van der Waals surface area contributed by atoms with Gasteiger partial charge < -0.3 is 4.74 Å². The van der Waals surface area contributed by atoms with Crippen LogP contribution in [-0.2, 0) is 12.7 Å². The maximum atomic E-state index is 13.3. The summed E-state index contributed by atoms with van der Waals surface area (Å²) < 4.78 is 69.5. The van der Waals surface area contributed by atoms with Gasteiger partial charge in [-0.15, -0.1) is 0 Å². The SMILES string of the molecule is COc1ncc(N(Cc2cc(C(F)(F)F)n[nH]2)C(=O)Nc2ccc(F)c(F)n2)cn1. The van der Waals surface area contributed by atoms with E-state index in [9.17, 15) is 26.7 Å². The smallest absolute Gasteiger partial charge is 0.435 e. The Kier molecular flexibility index (Phi) is 5.75. The Bertz CT molecular complexity index is 1040. The molecule has 3 aromatic rings. The zero-order valence-electron chi connectivity index (χ0n) is 15.0. The van der Waals surface area contributed by atoms with Crippen molar-refractivity contribution in [2.45, 2.75) is 12.7 Å². The van der Waals surface area contributed by atoms with Crippen molar-refractivity contribution in [3.63, 3.8) is 0 Å². The zero-order valence-corrected chi connectivity index (χ0v) is 15.0. The summed E-state index contributed by atoms with van der Waals surface area (Å²) in [6.07, 6.45) is -2.31. The van der Waals surface area contributed by atoms with E-state index in [0.717, 1.165) is 23.1 Å². The molecule has 0 radical (unpaired) electrons. The van der Waals surface area contributed by atoms with Crippen molar-refractivity contribution in [1.82, 2.24) is 25.1 Å². The van der Waals surface area contributed by atoms with Crippen molar-refractivity contribution < 1.29 is 31.5 Å². The van der Waals surface area contributed by atoms with Crippen molar-refractivity contribution in [1.29, 1.82) is 0 Å². The van der Waals surface area contributed by atoms with Gasteiger partial charge in [-0.2, -0.15) is 27.6 Å². The van der Waals surface area contributed by atoms with Crippen molar-refractivity contribution in [2.75, 3.05) is 17.3 Å². The predicted octanol–water partition coefficient (Wildman–Crippen LogP) is 3.14. The molecule has 0 saturated heterocycles. The molecule has 0 unspecified atom stereocenters. The van der Waals surface area contributed by atoms with Crippen molar-refractivity contribution >= 4 is 17.5 Å². The number of ether oxygens (including phenoxy) is 1. The number of hydrogen-bond acceptors (Lipinski definition) is 6. The molecular weight excluding hydrogens is 417 g/mol. The van der Waals surface area contributed by atoms with Crippen LogP contribution in [-0.4, -0.2) is 38.3 Å². The number of alkyl halides is 3. The fraction of sp³-hybridized carbons (Fsp3) is 0.188. The van der Waals surface area contributed by atoms with E-state index in [2.05, 4.69) is 30.5 Å². The van der Waals surface area contributed by atoms with E-state index >= 15 is 0 Å². The summed E-state index contributed by atoms with van der Waals surface area (Å²) >= 11 is 0. The number of nitrogens with zero attached hydrogens (tertiary/aromatic N) is 5. The van der Waals surface area contributed by atoms with Crippen molar-refractivity contribution in [2.24, 2.45) is 0 Å². The van der Waals surface area contributed by atoms with E-state index in [1.54, 1.807) is 0 Å². The zero-order chi connectivity index (χ0) is 21.9. The molecule has 0 saturated carbocycles. The Balaban J connectivity index is 1.88. The second-order valence-electron chi connectivity index (χ2n) is 5.69. The minimum absolute atomic E-state index is 0.0118. The Morgan fingerprint density at radius 1 is 1.23 bits per heavy atom. The number of methoxy groups -OCH3 is 1. The van der Waals surface area contributed by atoms with Gasteiger partial charge in [0.15, 0.2) is 11.5 Å². The summed E-state index contributed by atoms with van der Waals surface area (Å²) in [7, 11) is 1.32. The lowest BCUT2D eigenvalue weighted by Gasteiger charge is -2.21. The first-order valence-corrected chi connectivity index (χ1v) is 8.05. The third kappa shape index (κ3) is 4.76. The number of amides is 2. The molecular formula is C16H12F5N7O2. The van der Waals surface area contributed by atoms with Crippen LogP contribution in [0, 0.1) is 11.8 Å². The third-order valence-electron chi connectivity index (χ3n) is 3.64. The molecule has 0 aromatic carbocycles. The highest BCUT2D eigenvalue weighted by Gasteiger charge is 2.34. The summed E-state index contributed by atoms with van der Waals surface area (Å²) in [6.45, 7) is -0.408. The molecule has 0 atom stereocenters. The molecule has 0 aliphatic rings. The quantitative estimate of drug-likeness (QED) is 0.477. The number of H-pyrrole nitrogens is 1. The lowest BCUT2D eigenvalue weighted by atomic mass is 10.3. The highest BCUT2D eigenvalue weighted by atomic mass is 19.4. The molecule has 3 heterocycles. The molecule has 0 bridgehead atoms. The number of hydrogen-bond donors (Lipinski definition) is 2. The van der Waals surface area contributed by atoms with E-state index in [0.29, 0.717) is 0 Å². The highest BCUT2D eigenvalue weighted by molar-refractivity contribution is 6.00. The fourth-order valence-corrected chi connectivity index (χ4v) is 2.26. The minimum Gasteiger partial charge on any atom is -0.467 e. The van der Waals surface area contributed by atoms with Gasteiger partial charge in [0, 0.05) is 0 Å². The maximum absolute atomic E-state index is 13.3.